The van der Waals surface area contributed by atoms with E-state index in [1.165, 1.54) is 89.0 Å². The first kappa shape index (κ1) is 24.0. The van der Waals surface area contributed by atoms with Crippen LogP contribution in [0.1, 0.15) is 102 Å². The van der Waals surface area contributed by atoms with E-state index in [9.17, 15) is 0 Å². The second-order valence-electron chi connectivity index (χ2n) is 8.56. The highest BCUT2D eigenvalue weighted by molar-refractivity contribution is 5.33. The summed E-state index contributed by atoms with van der Waals surface area (Å²) in [5.41, 5.74) is 1.31. The number of aryl methyl sites for hydroxylation is 1. The number of hydrogen-bond donors (Lipinski definition) is 0. The van der Waals surface area contributed by atoms with E-state index in [1.807, 2.05) is 0 Å². The van der Waals surface area contributed by atoms with Crippen LogP contribution in [-0.4, -0.2) is 19.3 Å². The van der Waals surface area contributed by atoms with E-state index in [1.54, 1.807) is 0 Å². The summed E-state index contributed by atoms with van der Waals surface area (Å²) in [5, 5.41) is 0. The third-order valence-electron chi connectivity index (χ3n) is 5.77. The second kappa shape index (κ2) is 16.5. The van der Waals surface area contributed by atoms with Crippen molar-refractivity contribution in [3.8, 4) is 5.75 Å². The summed E-state index contributed by atoms with van der Waals surface area (Å²) in [6.07, 6.45) is 25.5. The van der Waals surface area contributed by atoms with Crippen molar-refractivity contribution in [1.82, 2.24) is 0 Å². The zero-order valence-electron chi connectivity index (χ0n) is 18.9. The zero-order chi connectivity index (χ0) is 20.4. The summed E-state index contributed by atoms with van der Waals surface area (Å²) < 4.78 is 11.1. The molecule has 1 unspecified atom stereocenters. The molecule has 1 aromatic rings. The second-order valence-corrected chi connectivity index (χ2v) is 8.56. The molecule has 0 saturated carbocycles. The van der Waals surface area contributed by atoms with Crippen molar-refractivity contribution in [2.75, 3.05) is 13.2 Å². The van der Waals surface area contributed by atoms with E-state index in [0.717, 1.165) is 25.2 Å². The highest BCUT2D eigenvalue weighted by Crippen LogP contribution is 2.21. The zero-order valence-corrected chi connectivity index (χ0v) is 18.9. The predicted molar refractivity (Wildman–Crippen MR) is 125 cm³/mol. The van der Waals surface area contributed by atoms with E-state index in [2.05, 4.69) is 43.3 Å². The third-order valence-corrected chi connectivity index (χ3v) is 5.77. The largest absolute Gasteiger partial charge is 0.491 e. The van der Waals surface area contributed by atoms with Gasteiger partial charge in [-0.15, -0.1) is 0 Å². The minimum absolute atomic E-state index is 0.318. The molecule has 1 aromatic carbocycles. The molecule has 1 saturated heterocycles. The summed E-state index contributed by atoms with van der Waals surface area (Å²) in [6.45, 7) is 3.83. The molecule has 1 atom stereocenters. The number of benzene rings is 1. The lowest BCUT2D eigenvalue weighted by molar-refractivity contribution is 0.261. The first-order valence-electron chi connectivity index (χ1n) is 12.4. The van der Waals surface area contributed by atoms with Crippen LogP contribution in [-0.2, 0) is 11.2 Å². The van der Waals surface area contributed by atoms with Crippen molar-refractivity contribution in [1.29, 1.82) is 0 Å². The Morgan fingerprint density at radius 2 is 1.41 bits per heavy atom. The number of unbranched alkanes of at least 4 members (excludes halogenated alkanes) is 12. The molecule has 2 nitrogen and oxygen atoms in total. The van der Waals surface area contributed by atoms with Gasteiger partial charge >= 0.3 is 0 Å². The molecule has 2 heteroatoms. The van der Waals surface area contributed by atoms with Crippen molar-refractivity contribution in [3.05, 3.63) is 42.0 Å². The van der Waals surface area contributed by atoms with E-state index in [-0.39, 0.29) is 0 Å². The van der Waals surface area contributed by atoms with E-state index in [4.69, 9.17) is 9.47 Å². The maximum Gasteiger partial charge on any atom is 0.122 e. The quantitative estimate of drug-likeness (QED) is 0.133. The maximum atomic E-state index is 5.89. The van der Waals surface area contributed by atoms with Crippen LogP contribution in [0.5, 0.6) is 5.75 Å². The first-order chi connectivity index (χ1) is 14.4. The average molecular weight is 401 g/mol. The molecule has 1 aliphatic rings. The van der Waals surface area contributed by atoms with Gasteiger partial charge in [0.2, 0.25) is 0 Å². The number of para-hydroxylation sites is 1. The van der Waals surface area contributed by atoms with Crippen LogP contribution in [0.15, 0.2) is 36.4 Å². The predicted octanol–water partition coefficient (Wildman–Crippen LogP) is 8.04. The van der Waals surface area contributed by atoms with Crippen LogP contribution in [0.25, 0.3) is 0 Å². The molecule has 1 heterocycles. The summed E-state index contributed by atoms with van der Waals surface area (Å²) in [6, 6.07) is 8.41. The Bertz CT molecular complexity index is 533. The lowest BCUT2D eigenvalue weighted by Gasteiger charge is -2.09. The normalized spacial score (nSPS) is 15.8. The van der Waals surface area contributed by atoms with Crippen LogP contribution < -0.4 is 4.74 Å². The molecule has 0 aliphatic carbocycles. The van der Waals surface area contributed by atoms with Crippen LogP contribution in [0.3, 0.4) is 0 Å². The van der Waals surface area contributed by atoms with Crippen LogP contribution in [0, 0.1) is 0 Å². The van der Waals surface area contributed by atoms with E-state index >= 15 is 0 Å². The maximum absolute atomic E-state index is 5.89. The molecule has 0 bridgehead atoms. The molecule has 2 rings (SSSR count). The lowest BCUT2D eigenvalue weighted by atomic mass is 10.0. The number of epoxide rings is 1. The fourth-order valence-electron chi connectivity index (χ4n) is 3.78. The first-order valence-corrected chi connectivity index (χ1v) is 12.4. The van der Waals surface area contributed by atoms with Gasteiger partial charge in [0.25, 0.3) is 0 Å². The Kier molecular flexibility index (Phi) is 13.7. The number of allylic oxidation sites excluding steroid dienone is 2. The summed E-state index contributed by atoms with van der Waals surface area (Å²) in [7, 11) is 0. The van der Waals surface area contributed by atoms with Gasteiger partial charge in [-0.05, 0) is 37.3 Å². The van der Waals surface area contributed by atoms with Crippen molar-refractivity contribution >= 4 is 0 Å². The molecule has 0 spiro atoms. The van der Waals surface area contributed by atoms with Gasteiger partial charge in [0, 0.05) is 0 Å². The lowest BCUT2D eigenvalue weighted by Crippen LogP contribution is -2.05. The Hall–Kier alpha value is -1.28. The Morgan fingerprint density at radius 3 is 2.07 bits per heavy atom. The molecule has 1 aliphatic heterocycles. The minimum Gasteiger partial charge on any atom is -0.491 e. The SMILES string of the molecule is CCCCCCCCCCCCCC/C=C/CCc1ccccc1OCC1CO1. The van der Waals surface area contributed by atoms with Crippen molar-refractivity contribution in [2.24, 2.45) is 0 Å². The van der Waals surface area contributed by atoms with Gasteiger partial charge in [-0.1, -0.05) is 108 Å². The molecular weight excluding hydrogens is 356 g/mol. The van der Waals surface area contributed by atoms with Gasteiger partial charge in [-0.3, -0.25) is 0 Å². The monoisotopic (exact) mass is 400 g/mol. The van der Waals surface area contributed by atoms with Gasteiger partial charge < -0.3 is 9.47 Å². The molecule has 0 radical (unpaired) electrons. The summed E-state index contributed by atoms with van der Waals surface area (Å²) >= 11 is 0. The summed E-state index contributed by atoms with van der Waals surface area (Å²) in [5.74, 6) is 1.03. The molecule has 0 N–H and O–H groups in total. The summed E-state index contributed by atoms with van der Waals surface area (Å²) in [4.78, 5) is 0. The molecular formula is C27H44O2. The fourth-order valence-corrected chi connectivity index (χ4v) is 3.78. The average Bonchev–Trinajstić information content (AvgIpc) is 3.57. The van der Waals surface area contributed by atoms with Crippen LogP contribution >= 0.6 is 0 Å². The Morgan fingerprint density at radius 1 is 0.828 bits per heavy atom. The molecule has 0 aromatic heterocycles. The van der Waals surface area contributed by atoms with Crippen molar-refractivity contribution < 1.29 is 9.47 Å². The van der Waals surface area contributed by atoms with Crippen molar-refractivity contribution in [3.63, 3.8) is 0 Å². The topological polar surface area (TPSA) is 21.8 Å². The molecule has 1 fully saturated rings. The number of hydrogen-bond acceptors (Lipinski definition) is 2. The smallest absolute Gasteiger partial charge is 0.122 e. The standard InChI is InChI=1S/C27H44O2/c1-2-3-4-5-6-7-8-9-10-11-12-13-14-15-16-17-20-25-21-18-19-22-27(25)29-24-26-23-28-26/h15-16,18-19,21-22,26H,2-14,17,20,23-24H2,1H3/b16-15+. The van der Waals surface area contributed by atoms with E-state index < -0.39 is 0 Å². The molecule has 164 valence electrons. The highest BCUT2D eigenvalue weighted by atomic mass is 16.6. The number of ether oxygens (including phenoxy) is 2. The van der Waals surface area contributed by atoms with Gasteiger partial charge in [0.1, 0.15) is 18.5 Å². The molecule has 29 heavy (non-hydrogen) atoms. The Balaban J connectivity index is 1.39. The Labute approximate surface area is 180 Å². The third kappa shape index (κ3) is 12.8. The van der Waals surface area contributed by atoms with Gasteiger partial charge in [0.15, 0.2) is 0 Å². The van der Waals surface area contributed by atoms with Crippen LogP contribution in [0.4, 0.5) is 0 Å². The van der Waals surface area contributed by atoms with Gasteiger partial charge in [-0.2, -0.15) is 0 Å². The van der Waals surface area contributed by atoms with Gasteiger partial charge in [-0.25, -0.2) is 0 Å². The highest BCUT2D eigenvalue weighted by Gasteiger charge is 2.23. The van der Waals surface area contributed by atoms with Crippen LogP contribution in [0.2, 0.25) is 0 Å². The van der Waals surface area contributed by atoms with Gasteiger partial charge in [0.05, 0.1) is 6.61 Å². The molecule has 0 amide bonds. The minimum atomic E-state index is 0.318. The number of rotatable bonds is 19. The van der Waals surface area contributed by atoms with Crippen molar-refractivity contribution in [2.45, 2.75) is 109 Å². The van der Waals surface area contributed by atoms with E-state index in [0.29, 0.717) is 12.7 Å². The fraction of sp³-hybridized carbons (Fsp3) is 0.704.